The van der Waals surface area contributed by atoms with Crippen LogP contribution in [0.15, 0.2) is 47.4 Å². The highest BCUT2D eigenvalue weighted by atomic mass is 32.2. The van der Waals surface area contributed by atoms with Gasteiger partial charge in [-0.05, 0) is 54.3 Å². The van der Waals surface area contributed by atoms with Crippen LogP contribution in [0.2, 0.25) is 0 Å². The molecule has 3 rings (SSSR count). The molecule has 0 fully saturated rings. The van der Waals surface area contributed by atoms with Crippen LogP contribution in [0.3, 0.4) is 0 Å². The summed E-state index contributed by atoms with van der Waals surface area (Å²) in [5.41, 5.74) is 2.02. The molecule has 0 aromatic heterocycles. The second-order valence-corrected chi connectivity index (χ2v) is 14.2. The van der Waals surface area contributed by atoms with E-state index in [-0.39, 0.29) is 10.6 Å². The Bertz CT molecular complexity index is 1360. The van der Waals surface area contributed by atoms with Crippen molar-refractivity contribution in [2.75, 3.05) is 43.2 Å². The number of unbranched alkanes of at least 4 members (excludes halogenated alkanes) is 2. The van der Waals surface area contributed by atoms with E-state index in [1.165, 1.54) is 0 Å². The van der Waals surface area contributed by atoms with Crippen LogP contribution in [0.4, 0.5) is 16.2 Å². The van der Waals surface area contributed by atoms with Gasteiger partial charge in [-0.25, -0.2) is 13.2 Å². The minimum Gasteiger partial charge on any atom is -0.394 e. The number of anilines is 2. The van der Waals surface area contributed by atoms with Gasteiger partial charge < -0.3 is 41.1 Å². The molecular weight excluding hydrogens is 600 g/mol. The van der Waals surface area contributed by atoms with Crippen molar-refractivity contribution in [3.05, 3.63) is 53.6 Å². The summed E-state index contributed by atoms with van der Waals surface area (Å²) in [6.07, 6.45) is -1.87. The summed E-state index contributed by atoms with van der Waals surface area (Å²) in [7, 11) is 0.151. The minimum atomic E-state index is -3.65. The number of fused-ring (bicyclic) bond motifs is 1. The Labute approximate surface area is 266 Å². The maximum absolute atomic E-state index is 14.0. The number of nitrogens with zero attached hydrogens (tertiary/aromatic N) is 1. The number of aliphatic hydroxyl groups excluding tert-OH is 5. The monoisotopic (exact) mass is 650 g/mol. The van der Waals surface area contributed by atoms with Crippen LogP contribution in [0.25, 0.3) is 0 Å². The summed E-state index contributed by atoms with van der Waals surface area (Å²) in [6, 6.07) is 11.3. The van der Waals surface area contributed by atoms with Gasteiger partial charge in [-0.15, -0.1) is 0 Å². The van der Waals surface area contributed by atoms with Gasteiger partial charge in [0.2, 0.25) is 0 Å². The standard InChI is InChI=1S/C32H50N4O8S/c1-5-7-14-32(15-8-6-2)20-45(43,44)27-13-12-23(36(3)4)17-24(27)28(35-32)21-10-9-11-22(16-21)34-31(42)33-18-25(38)29(40)30(41)26(39)19-37/h9-13,16-17,25-26,28-30,35,37-41H,5-8,14-15,18-20H2,1-4H3,(H2,33,34,42)/t25-,26+,28+,29+,30+/m0/s1. The fraction of sp³-hybridized carbons (Fsp3) is 0.594. The van der Waals surface area contributed by atoms with Gasteiger partial charge in [0.1, 0.15) is 18.3 Å². The molecular formula is C32H50N4O8S. The maximum Gasteiger partial charge on any atom is 0.319 e. The van der Waals surface area contributed by atoms with Gasteiger partial charge in [-0.1, -0.05) is 51.7 Å². The predicted octanol–water partition coefficient (Wildman–Crippen LogP) is 1.90. The third kappa shape index (κ3) is 9.38. The van der Waals surface area contributed by atoms with Crippen LogP contribution < -0.4 is 20.9 Å². The molecule has 2 amide bonds. The van der Waals surface area contributed by atoms with Crippen molar-refractivity contribution >= 4 is 27.2 Å². The lowest BCUT2D eigenvalue weighted by molar-refractivity contribution is -0.113. The molecule has 1 aliphatic rings. The number of rotatable bonds is 15. The van der Waals surface area contributed by atoms with Crippen LogP contribution in [0, 0.1) is 0 Å². The van der Waals surface area contributed by atoms with Crippen LogP contribution in [0.5, 0.6) is 0 Å². The number of carbonyl (C=O) groups excluding carboxylic acids is 1. The smallest absolute Gasteiger partial charge is 0.319 e. The molecule has 45 heavy (non-hydrogen) atoms. The molecule has 0 aliphatic carbocycles. The molecule has 0 saturated heterocycles. The molecule has 252 valence electrons. The molecule has 0 unspecified atom stereocenters. The predicted molar refractivity (Wildman–Crippen MR) is 174 cm³/mol. The van der Waals surface area contributed by atoms with Crippen molar-refractivity contribution < 1.29 is 38.7 Å². The first-order chi connectivity index (χ1) is 21.3. The Balaban J connectivity index is 1.95. The SMILES string of the molecule is CCCCC1(CCCC)CS(=O)(=O)c2ccc(N(C)C)cc2[C@@H](c2cccc(NC(=O)NC[C@H](O)[C@@H](O)[C@H](O)[C@H](O)CO)c2)N1. The van der Waals surface area contributed by atoms with Crippen LogP contribution in [-0.2, 0) is 9.84 Å². The van der Waals surface area contributed by atoms with Gasteiger partial charge in [0.05, 0.1) is 29.4 Å². The Morgan fingerprint density at radius 2 is 1.64 bits per heavy atom. The van der Waals surface area contributed by atoms with E-state index >= 15 is 0 Å². The number of urea groups is 1. The molecule has 1 aliphatic heterocycles. The molecule has 2 aromatic carbocycles. The molecule has 2 aromatic rings. The average Bonchev–Trinajstić information content (AvgIpc) is 3.12. The molecule has 0 saturated carbocycles. The van der Waals surface area contributed by atoms with Gasteiger partial charge in [0.15, 0.2) is 9.84 Å². The number of hydrogen-bond acceptors (Lipinski definition) is 10. The molecule has 13 heteroatoms. The van der Waals surface area contributed by atoms with E-state index in [9.17, 15) is 33.6 Å². The van der Waals surface area contributed by atoms with Crippen molar-refractivity contribution in [2.45, 2.75) is 93.3 Å². The number of hydrogen-bond donors (Lipinski definition) is 8. The van der Waals surface area contributed by atoms with Gasteiger partial charge in [-0.3, -0.25) is 5.32 Å². The first kappa shape index (κ1) is 36.7. The summed E-state index contributed by atoms with van der Waals surface area (Å²) in [6.45, 7) is 2.93. The van der Waals surface area contributed by atoms with Crippen molar-refractivity contribution in [3.63, 3.8) is 0 Å². The lowest BCUT2D eigenvalue weighted by Gasteiger charge is -2.37. The van der Waals surface area contributed by atoms with Crippen LogP contribution in [-0.4, -0.2) is 103 Å². The first-order valence-corrected chi connectivity index (χ1v) is 17.2. The number of nitrogens with one attached hydrogen (secondary N) is 3. The van der Waals surface area contributed by atoms with Crippen molar-refractivity contribution in [1.29, 1.82) is 0 Å². The molecule has 12 nitrogen and oxygen atoms in total. The Kier molecular flexibility index (Phi) is 13.2. The normalized spacial score (nSPS) is 19.8. The second-order valence-electron chi connectivity index (χ2n) is 12.2. The van der Waals surface area contributed by atoms with Gasteiger partial charge >= 0.3 is 6.03 Å². The van der Waals surface area contributed by atoms with Crippen LogP contribution in [0.1, 0.15) is 69.5 Å². The van der Waals surface area contributed by atoms with Crippen molar-refractivity contribution in [3.8, 4) is 0 Å². The van der Waals surface area contributed by atoms with E-state index in [2.05, 4.69) is 29.8 Å². The highest BCUT2D eigenvalue weighted by Gasteiger charge is 2.42. The zero-order chi connectivity index (χ0) is 33.4. The lowest BCUT2D eigenvalue weighted by Crippen LogP contribution is -2.50. The Morgan fingerprint density at radius 3 is 2.24 bits per heavy atom. The molecule has 1 heterocycles. The topological polar surface area (TPSA) is 192 Å². The highest BCUT2D eigenvalue weighted by molar-refractivity contribution is 7.91. The van der Waals surface area contributed by atoms with Crippen LogP contribution >= 0.6 is 0 Å². The highest BCUT2D eigenvalue weighted by Crippen LogP contribution is 2.40. The molecule has 0 spiro atoms. The molecule has 5 atom stereocenters. The van der Waals surface area contributed by atoms with E-state index in [4.69, 9.17) is 5.11 Å². The van der Waals surface area contributed by atoms with Crippen molar-refractivity contribution in [2.24, 2.45) is 0 Å². The maximum atomic E-state index is 14.0. The number of benzene rings is 2. The summed E-state index contributed by atoms with van der Waals surface area (Å²) in [5, 5.41) is 57.4. The number of aliphatic hydroxyl groups is 5. The number of carbonyl (C=O) groups is 1. The number of amides is 2. The second kappa shape index (κ2) is 16.2. The lowest BCUT2D eigenvalue weighted by atomic mass is 9.86. The fourth-order valence-corrected chi connectivity index (χ4v) is 7.82. The zero-order valence-electron chi connectivity index (χ0n) is 26.6. The first-order valence-electron chi connectivity index (χ1n) is 15.6. The molecule has 0 radical (unpaired) electrons. The fourth-order valence-electron chi connectivity index (χ4n) is 5.75. The van der Waals surface area contributed by atoms with E-state index < -0.39 is 65.0 Å². The van der Waals surface area contributed by atoms with E-state index in [1.807, 2.05) is 37.2 Å². The molecule has 0 bridgehead atoms. The third-order valence-corrected chi connectivity index (χ3v) is 10.3. The minimum absolute atomic E-state index is 0.0106. The summed E-state index contributed by atoms with van der Waals surface area (Å²) in [4.78, 5) is 14.9. The van der Waals surface area contributed by atoms with E-state index in [1.54, 1.807) is 24.3 Å². The Morgan fingerprint density at radius 1 is 1.00 bits per heavy atom. The summed E-state index contributed by atoms with van der Waals surface area (Å²) >= 11 is 0. The largest absolute Gasteiger partial charge is 0.394 e. The Hall–Kier alpha value is -2.78. The average molecular weight is 651 g/mol. The third-order valence-electron chi connectivity index (χ3n) is 8.37. The van der Waals surface area contributed by atoms with Crippen molar-refractivity contribution in [1.82, 2.24) is 10.6 Å². The summed E-state index contributed by atoms with van der Waals surface area (Å²) < 4.78 is 28.0. The molecule has 8 N–H and O–H groups in total. The van der Waals surface area contributed by atoms with E-state index in [0.717, 1.165) is 36.9 Å². The van der Waals surface area contributed by atoms with Gasteiger partial charge in [0, 0.05) is 37.6 Å². The summed E-state index contributed by atoms with van der Waals surface area (Å²) in [5.74, 6) is -0.0106. The van der Waals surface area contributed by atoms with E-state index in [0.29, 0.717) is 24.1 Å². The zero-order valence-corrected chi connectivity index (χ0v) is 27.4. The van der Waals surface area contributed by atoms with Gasteiger partial charge in [0.25, 0.3) is 0 Å². The van der Waals surface area contributed by atoms with Gasteiger partial charge in [-0.2, -0.15) is 0 Å². The number of sulfone groups is 1. The quantitative estimate of drug-likeness (QED) is 0.141.